The number of aromatic nitrogens is 3. The first-order chi connectivity index (χ1) is 19.3. The number of piperidine rings is 1. The number of likely N-dealkylation sites (tertiary alicyclic amines) is 1. The normalized spacial score (nSPS) is 17.6. The van der Waals surface area contributed by atoms with Gasteiger partial charge in [-0.25, -0.2) is 9.97 Å². The lowest BCUT2D eigenvalue weighted by Crippen LogP contribution is -2.44. The smallest absolute Gasteiger partial charge is 0.227 e. The fraction of sp³-hybridized carbons (Fsp3) is 0.438. The number of aryl methyl sites for hydroxylation is 1. The van der Waals surface area contributed by atoms with Crippen LogP contribution in [0.5, 0.6) is 0 Å². The first-order valence-corrected chi connectivity index (χ1v) is 14.8. The SMILES string of the molecule is Cc1ccc2c(-c3nc(Nc4cc(CN5CCC(N(C)C[C@H](C)O)CC5)cc(C5CC5)c4)ncc3Cl)c[nH]c2c1. The zero-order valence-corrected chi connectivity index (χ0v) is 24.4. The van der Waals surface area contributed by atoms with Crippen LogP contribution in [-0.2, 0) is 6.54 Å². The Balaban J connectivity index is 1.20. The predicted molar refractivity (Wildman–Crippen MR) is 163 cm³/mol. The fourth-order valence-electron chi connectivity index (χ4n) is 6.06. The highest BCUT2D eigenvalue weighted by atomic mass is 35.5. The molecule has 8 heteroatoms. The van der Waals surface area contributed by atoms with Crippen LogP contribution < -0.4 is 5.32 Å². The number of H-pyrrole nitrogens is 1. The predicted octanol–water partition coefficient (Wildman–Crippen LogP) is 6.48. The van der Waals surface area contributed by atoms with Crippen LogP contribution >= 0.6 is 11.6 Å². The van der Waals surface area contributed by atoms with Crippen molar-refractivity contribution < 1.29 is 5.11 Å². The van der Waals surface area contributed by atoms with Gasteiger partial charge in [-0.1, -0.05) is 29.8 Å². The van der Waals surface area contributed by atoms with Crippen molar-refractivity contribution in [3.63, 3.8) is 0 Å². The summed E-state index contributed by atoms with van der Waals surface area (Å²) in [6.07, 6.45) is 8.14. The molecule has 1 atom stereocenters. The number of fused-ring (bicyclic) bond motifs is 1. The zero-order chi connectivity index (χ0) is 27.8. The number of likely N-dealkylation sites (N-methyl/N-ethyl adjacent to an activating group) is 1. The van der Waals surface area contributed by atoms with E-state index in [9.17, 15) is 5.11 Å². The number of halogens is 1. The highest BCUT2D eigenvalue weighted by molar-refractivity contribution is 6.33. The number of hydrogen-bond donors (Lipinski definition) is 3. The Labute approximate surface area is 241 Å². The molecule has 1 saturated carbocycles. The first-order valence-electron chi connectivity index (χ1n) is 14.4. The van der Waals surface area contributed by atoms with E-state index in [0.29, 0.717) is 22.9 Å². The van der Waals surface area contributed by atoms with E-state index in [1.165, 1.54) is 29.5 Å². The average molecular weight is 559 g/mol. The van der Waals surface area contributed by atoms with E-state index in [4.69, 9.17) is 16.6 Å². The number of aromatic amines is 1. The van der Waals surface area contributed by atoms with E-state index in [1.54, 1.807) is 6.20 Å². The van der Waals surface area contributed by atoms with Crippen LogP contribution in [0.25, 0.3) is 22.2 Å². The van der Waals surface area contributed by atoms with Gasteiger partial charge in [-0.2, -0.15) is 0 Å². The molecule has 1 aliphatic heterocycles. The average Bonchev–Trinajstić information content (AvgIpc) is 3.70. The van der Waals surface area contributed by atoms with E-state index < -0.39 is 0 Å². The molecule has 0 amide bonds. The lowest BCUT2D eigenvalue weighted by Gasteiger charge is -2.37. The number of rotatable bonds is 9. The molecule has 1 saturated heterocycles. The maximum atomic E-state index is 9.76. The van der Waals surface area contributed by atoms with Crippen LogP contribution in [0, 0.1) is 6.92 Å². The molecule has 1 aliphatic carbocycles. The molecule has 3 heterocycles. The second kappa shape index (κ2) is 11.5. The van der Waals surface area contributed by atoms with Gasteiger partial charge in [0.05, 0.1) is 23.0 Å². The van der Waals surface area contributed by atoms with E-state index in [1.807, 2.05) is 13.1 Å². The highest BCUT2D eigenvalue weighted by Crippen LogP contribution is 2.42. The Morgan fingerprint density at radius 2 is 1.95 bits per heavy atom. The Morgan fingerprint density at radius 1 is 1.15 bits per heavy atom. The van der Waals surface area contributed by atoms with Gasteiger partial charge in [0.15, 0.2) is 0 Å². The lowest BCUT2D eigenvalue weighted by atomic mass is 10.0. The minimum absolute atomic E-state index is 0.286. The van der Waals surface area contributed by atoms with Gasteiger partial charge in [0.1, 0.15) is 0 Å². The molecule has 2 aliphatic rings. The first kappa shape index (κ1) is 27.2. The van der Waals surface area contributed by atoms with Crippen molar-refractivity contribution >= 4 is 34.1 Å². The standard InChI is InChI=1S/C32H39ClN6O/c1-20-4-7-27-28(16-34-30(27)12-20)31-29(33)17-35-32(37-31)36-25-14-22(13-24(15-25)23-5-6-23)19-39-10-8-26(9-11-39)38(3)18-21(2)40/h4,7,12-17,21,23,26,34,40H,5-6,8-11,18-19H2,1-3H3,(H,35,36,37)/t21-/m0/s1. The number of anilines is 2. The summed E-state index contributed by atoms with van der Waals surface area (Å²) in [4.78, 5) is 17.6. The molecule has 2 aromatic heterocycles. The van der Waals surface area contributed by atoms with Gasteiger partial charge < -0.3 is 20.3 Å². The van der Waals surface area contributed by atoms with Crippen LogP contribution in [0.3, 0.4) is 0 Å². The Hall–Kier alpha value is -2.97. The summed E-state index contributed by atoms with van der Waals surface area (Å²) >= 11 is 6.60. The van der Waals surface area contributed by atoms with E-state index >= 15 is 0 Å². The number of nitrogens with one attached hydrogen (secondary N) is 2. The minimum Gasteiger partial charge on any atom is -0.392 e. The molecule has 0 bridgehead atoms. The fourth-order valence-corrected chi connectivity index (χ4v) is 6.25. The third kappa shape index (κ3) is 6.18. The van der Waals surface area contributed by atoms with Crippen molar-refractivity contribution in [2.75, 3.05) is 32.0 Å². The molecule has 2 fully saturated rings. The summed E-state index contributed by atoms with van der Waals surface area (Å²) in [6, 6.07) is 13.8. The third-order valence-electron chi connectivity index (χ3n) is 8.30. The van der Waals surface area contributed by atoms with Crippen LogP contribution in [0.2, 0.25) is 5.02 Å². The van der Waals surface area contributed by atoms with Crippen LogP contribution in [0.4, 0.5) is 11.6 Å². The molecule has 0 radical (unpaired) electrons. The monoisotopic (exact) mass is 558 g/mol. The summed E-state index contributed by atoms with van der Waals surface area (Å²) in [5.74, 6) is 1.19. The van der Waals surface area contributed by atoms with Gasteiger partial charge >= 0.3 is 0 Å². The van der Waals surface area contributed by atoms with Gasteiger partial charge in [-0.3, -0.25) is 4.90 Å². The molecule has 0 unspecified atom stereocenters. The Bertz CT molecular complexity index is 1490. The Kier molecular flexibility index (Phi) is 7.82. The van der Waals surface area contributed by atoms with E-state index in [2.05, 4.69) is 75.5 Å². The quantitative estimate of drug-likeness (QED) is 0.218. The van der Waals surface area contributed by atoms with Crippen LogP contribution in [0.1, 0.15) is 55.2 Å². The zero-order valence-electron chi connectivity index (χ0n) is 23.6. The van der Waals surface area contributed by atoms with Gasteiger partial charge in [0.25, 0.3) is 0 Å². The number of aliphatic hydroxyl groups is 1. The van der Waals surface area contributed by atoms with Gasteiger partial charge in [0, 0.05) is 47.5 Å². The van der Waals surface area contributed by atoms with Gasteiger partial charge in [0.2, 0.25) is 5.95 Å². The summed E-state index contributed by atoms with van der Waals surface area (Å²) in [5.41, 5.74) is 7.71. The van der Waals surface area contributed by atoms with Gasteiger partial charge in [-0.05, 0) is 100 Å². The molecule has 4 aromatic rings. The number of aliphatic hydroxyl groups excluding tert-OH is 1. The highest BCUT2D eigenvalue weighted by Gasteiger charge is 2.26. The third-order valence-corrected chi connectivity index (χ3v) is 8.57. The van der Waals surface area contributed by atoms with Crippen molar-refractivity contribution in [2.45, 2.75) is 64.1 Å². The topological polar surface area (TPSA) is 80.3 Å². The second-order valence-electron chi connectivity index (χ2n) is 11.8. The minimum atomic E-state index is -0.286. The number of hydrogen-bond acceptors (Lipinski definition) is 6. The number of benzene rings is 2. The molecule has 40 heavy (non-hydrogen) atoms. The molecule has 6 rings (SSSR count). The van der Waals surface area contributed by atoms with Crippen molar-refractivity contribution in [1.82, 2.24) is 24.8 Å². The van der Waals surface area contributed by atoms with Crippen molar-refractivity contribution in [3.05, 3.63) is 70.5 Å². The summed E-state index contributed by atoms with van der Waals surface area (Å²) in [6.45, 7) is 7.76. The van der Waals surface area contributed by atoms with E-state index in [-0.39, 0.29) is 6.10 Å². The molecule has 3 N–H and O–H groups in total. The van der Waals surface area contributed by atoms with Crippen molar-refractivity contribution in [3.8, 4) is 11.3 Å². The largest absolute Gasteiger partial charge is 0.392 e. The van der Waals surface area contributed by atoms with Gasteiger partial charge in [-0.15, -0.1) is 0 Å². The molecular formula is C32H39ClN6O. The van der Waals surface area contributed by atoms with Crippen molar-refractivity contribution in [2.24, 2.45) is 0 Å². The Morgan fingerprint density at radius 3 is 2.70 bits per heavy atom. The van der Waals surface area contributed by atoms with Crippen LogP contribution in [-0.4, -0.2) is 68.7 Å². The molecule has 2 aromatic carbocycles. The molecular weight excluding hydrogens is 520 g/mol. The summed E-state index contributed by atoms with van der Waals surface area (Å²) in [7, 11) is 2.13. The maximum absolute atomic E-state index is 9.76. The van der Waals surface area contributed by atoms with E-state index in [0.717, 1.165) is 66.9 Å². The second-order valence-corrected chi connectivity index (χ2v) is 12.2. The maximum Gasteiger partial charge on any atom is 0.227 e. The number of nitrogens with zero attached hydrogens (tertiary/aromatic N) is 4. The van der Waals surface area contributed by atoms with Crippen molar-refractivity contribution in [1.29, 1.82) is 0 Å². The lowest BCUT2D eigenvalue weighted by molar-refractivity contribution is 0.0796. The summed E-state index contributed by atoms with van der Waals surface area (Å²) in [5, 5.41) is 14.9. The molecule has 210 valence electrons. The molecule has 7 nitrogen and oxygen atoms in total. The summed E-state index contributed by atoms with van der Waals surface area (Å²) < 4.78 is 0. The van der Waals surface area contributed by atoms with Crippen LogP contribution in [0.15, 0.2) is 48.8 Å². The molecule has 0 spiro atoms.